The molecule has 1 heterocycles. The second kappa shape index (κ2) is 9.93. The number of hydrogen-bond donors (Lipinski definition) is 0. The van der Waals surface area contributed by atoms with Gasteiger partial charge in [0.1, 0.15) is 0 Å². The molecule has 21 heavy (non-hydrogen) atoms. The van der Waals surface area contributed by atoms with E-state index in [-0.39, 0.29) is 0 Å². The maximum atomic E-state index is 4.49. The fourth-order valence-electron chi connectivity index (χ4n) is 2.34. The van der Waals surface area contributed by atoms with E-state index in [9.17, 15) is 0 Å². The van der Waals surface area contributed by atoms with Gasteiger partial charge in [0.15, 0.2) is 0 Å². The highest BCUT2D eigenvalue weighted by Crippen LogP contribution is 2.29. The summed E-state index contributed by atoms with van der Waals surface area (Å²) in [4.78, 5) is 4.49. The molecule has 0 saturated heterocycles. The van der Waals surface area contributed by atoms with E-state index >= 15 is 0 Å². The number of aryl methyl sites for hydroxylation is 2. The summed E-state index contributed by atoms with van der Waals surface area (Å²) in [7, 11) is 0. The zero-order chi connectivity index (χ0) is 15.5. The van der Waals surface area contributed by atoms with Crippen molar-refractivity contribution in [2.24, 2.45) is 4.99 Å². The lowest BCUT2D eigenvalue weighted by Crippen LogP contribution is -1.92. The molecule has 1 heteroatoms. The van der Waals surface area contributed by atoms with E-state index in [1.165, 1.54) is 22.4 Å². The van der Waals surface area contributed by atoms with Gasteiger partial charge in [0.2, 0.25) is 0 Å². The summed E-state index contributed by atoms with van der Waals surface area (Å²) in [6.07, 6.45) is 5.17. The predicted octanol–water partition coefficient (Wildman–Crippen LogP) is 5.78. The average molecular weight is 281 g/mol. The summed E-state index contributed by atoms with van der Waals surface area (Å²) in [5.74, 6) is 0. The zero-order valence-electron chi connectivity index (χ0n) is 13.8. The fraction of sp³-hybridized carbons (Fsp3) is 0.350. The van der Waals surface area contributed by atoms with Gasteiger partial charge in [-0.3, -0.25) is 4.99 Å². The molecular formula is C20H27N. The molecule has 1 aliphatic heterocycles. The van der Waals surface area contributed by atoms with Gasteiger partial charge >= 0.3 is 0 Å². The Labute approximate surface area is 129 Å². The largest absolute Gasteiger partial charge is 0.260 e. The van der Waals surface area contributed by atoms with Crippen molar-refractivity contribution in [2.75, 3.05) is 0 Å². The van der Waals surface area contributed by atoms with Crippen molar-refractivity contribution >= 4 is 11.9 Å². The van der Waals surface area contributed by atoms with Crippen LogP contribution in [0.15, 0.2) is 53.5 Å². The smallest absolute Gasteiger partial charge is 0.0693 e. The molecule has 0 N–H and O–H groups in total. The van der Waals surface area contributed by atoms with Crippen molar-refractivity contribution in [3.8, 4) is 0 Å². The van der Waals surface area contributed by atoms with E-state index in [1.54, 1.807) is 0 Å². The first-order valence-corrected chi connectivity index (χ1v) is 8.11. The predicted molar refractivity (Wildman–Crippen MR) is 94.8 cm³/mol. The molecule has 0 saturated carbocycles. The summed E-state index contributed by atoms with van der Waals surface area (Å²) in [6, 6.07) is 17.2. The molecule has 0 spiro atoms. The highest BCUT2D eigenvalue weighted by atomic mass is 14.8. The summed E-state index contributed by atoms with van der Waals surface area (Å²) in [6.45, 7) is 8.00. The molecule has 2 aromatic carbocycles. The number of hydrogen-bond acceptors (Lipinski definition) is 1. The van der Waals surface area contributed by atoms with Gasteiger partial charge in [-0.15, -0.1) is 0 Å². The number of nitrogens with zero attached hydrogens (tertiary/aromatic N) is 1. The molecule has 0 aliphatic carbocycles. The van der Waals surface area contributed by atoms with Crippen LogP contribution < -0.4 is 0 Å². The van der Waals surface area contributed by atoms with Crippen LogP contribution in [0.1, 0.15) is 44.4 Å². The minimum absolute atomic E-state index is 0.995. The Morgan fingerprint density at radius 1 is 0.810 bits per heavy atom. The van der Waals surface area contributed by atoms with E-state index < -0.39 is 0 Å². The average Bonchev–Trinajstić information content (AvgIpc) is 3.07. The molecule has 0 aromatic heterocycles. The Morgan fingerprint density at radius 2 is 1.52 bits per heavy atom. The van der Waals surface area contributed by atoms with E-state index in [0.717, 1.165) is 19.3 Å². The van der Waals surface area contributed by atoms with Gasteiger partial charge in [-0.2, -0.15) is 0 Å². The molecule has 3 rings (SSSR count). The van der Waals surface area contributed by atoms with Gasteiger partial charge in [0.25, 0.3) is 0 Å². The quantitative estimate of drug-likeness (QED) is 0.676. The molecule has 0 radical (unpaired) electrons. The summed E-state index contributed by atoms with van der Waals surface area (Å²) in [5.41, 5.74) is 5.35. The summed E-state index contributed by atoms with van der Waals surface area (Å²) in [5, 5.41) is 0. The first kappa shape index (κ1) is 17.2. The first-order valence-electron chi connectivity index (χ1n) is 8.11. The first-order chi connectivity index (χ1) is 10.4. The number of benzene rings is 2. The molecule has 0 bridgehead atoms. The molecule has 0 amide bonds. The van der Waals surface area contributed by atoms with Gasteiger partial charge in [0.05, 0.1) is 5.69 Å². The Balaban J connectivity index is 0.000000510. The molecular weight excluding hydrogens is 254 g/mol. The Hall–Kier alpha value is -1.89. The molecule has 0 fully saturated rings. The SMILES string of the molecule is C1=Nc2c(cccc2CCc2ccccc2)C1.CC.CC. The third-order valence-corrected chi connectivity index (χ3v) is 3.26. The van der Waals surface area contributed by atoms with Crippen molar-refractivity contribution in [2.45, 2.75) is 47.0 Å². The standard InChI is InChI=1S/C16H15N.2C2H6/c1-2-5-13(6-3-1)9-10-14-7-4-8-15-11-12-17-16(14)15;2*1-2/h1-8,12H,9-11H2;2*1-2H3. The van der Waals surface area contributed by atoms with Crippen molar-refractivity contribution in [3.63, 3.8) is 0 Å². The van der Waals surface area contributed by atoms with Crippen LogP contribution in [0.2, 0.25) is 0 Å². The minimum Gasteiger partial charge on any atom is -0.260 e. The van der Waals surface area contributed by atoms with Crippen molar-refractivity contribution in [1.82, 2.24) is 0 Å². The molecule has 1 aliphatic rings. The Morgan fingerprint density at radius 3 is 2.24 bits per heavy atom. The van der Waals surface area contributed by atoms with Crippen LogP contribution in [-0.2, 0) is 19.3 Å². The highest BCUT2D eigenvalue weighted by Gasteiger charge is 2.10. The highest BCUT2D eigenvalue weighted by molar-refractivity contribution is 5.77. The minimum atomic E-state index is 0.995. The zero-order valence-corrected chi connectivity index (χ0v) is 13.8. The van der Waals surface area contributed by atoms with Crippen molar-refractivity contribution in [3.05, 3.63) is 65.2 Å². The van der Waals surface area contributed by atoms with Gasteiger partial charge in [0, 0.05) is 12.6 Å². The number of para-hydroxylation sites is 1. The normalized spacial score (nSPS) is 10.9. The second-order valence-electron chi connectivity index (χ2n) is 4.43. The van der Waals surface area contributed by atoms with Gasteiger partial charge in [-0.25, -0.2) is 0 Å². The van der Waals surface area contributed by atoms with Crippen molar-refractivity contribution in [1.29, 1.82) is 0 Å². The van der Waals surface area contributed by atoms with Crippen LogP contribution in [0.4, 0.5) is 5.69 Å². The van der Waals surface area contributed by atoms with Gasteiger partial charge < -0.3 is 0 Å². The van der Waals surface area contributed by atoms with Gasteiger partial charge in [-0.1, -0.05) is 76.2 Å². The van der Waals surface area contributed by atoms with Crippen LogP contribution in [0.3, 0.4) is 0 Å². The fourth-order valence-corrected chi connectivity index (χ4v) is 2.34. The van der Waals surface area contributed by atoms with Crippen LogP contribution in [0, 0.1) is 0 Å². The van der Waals surface area contributed by atoms with E-state index in [2.05, 4.69) is 53.5 Å². The number of rotatable bonds is 3. The third-order valence-electron chi connectivity index (χ3n) is 3.26. The van der Waals surface area contributed by atoms with Gasteiger partial charge in [-0.05, 0) is 29.5 Å². The van der Waals surface area contributed by atoms with Crippen LogP contribution in [0.5, 0.6) is 0 Å². The van der Waals surface area contributed by atoms with E-state index in [4.69, 9.17) is 0 Å². The Kier molecular flexibility index (Phi) is 8.11. The Bertz CT molecular complexity index is 541. The molecule has 2 aromatic rings. The maximum Gasteiger partial charge on any atom is 0.0693 e. The van der Waals surface area contributed by atoms with Crippen LogP contribution in [-0.4, -0.2) is 6.21 Å². The summed E-state index contributed by atoms with van der Waals surface area (Å²) >= 11 is 0. The molecule has 0 atom stereocenters. The molecule has 0 unspecified atom stereocenters. The van der Waals surface area contributed by atoms with E-state index in [1.807, 2.05) is 33.9 Å². The topological polar surface area (TPSA) is 12.4 Å². The number of fused-ring (bicyclic) bond motifs is 1. The second-order valence-corrected chi connectivity index (χ2v) is 4.43. The lowest BCUT2D eigenvalue weighted by molar-refractivity contribution is 0.959. The number of aliphatic imine (C=N–C) groups is 1. The monoisotopic (exact) mass is 281 g/mol. The van der Waals surface area contributed by atoms with Crippen molar-refractivity contribution < 1.29 is 0 Å². The lowest BCUT2D eigenvalue weighted by atomic mass is 10.0. The summed E-state index contributed by atoms with van der Waals surface area (Å²) < 4.78 is 0. The maximum absolute atomic E-state index is 4.49. The van der Waals surface area contributed by atoms with Crippen LogP contribution >= 0.6 is 0 Å². The third kappa shape index (κ3) is 4.86. The van der Waals surface area contributed by atoms with E-state index in [0.29, 0.717) is 0 Å². The molecule has 1 nitrogen and oxygen atoms in total. The van der Waals surface area contributed by atoms with Crippen LogP contribution in [0.25, 0.3) is 0 Å². The lowest BCUT2D eigenvalue weighted by Gasteiger charge is -2.06. The molecule has 112 valence electrons.